The highest BCUT2D eigenvalue weighted by Gasteiger charge is 2.32. The van der Waals surface area contributed by atoms with Crippen LogP contribution < -0.4 is 10.4 Å². The van der Waals surface area contributed by atoms with Crippen LogP contribution in [0.3, 0.4) is 0 Å². The van der Waals surface area contributed by atoms with Gasteiger partial charge in [-0.25, -0.2) is 0 Å². The minimum Gasteiger partial charge on any atom is -0.165 e. The normalized spacial score (nSPS) is 11.2. The average molecular weight is 261 g/mol. The Kier molecular flexibility index (Phi) is 3.33. The van der Waals surface area contributed by atoms with Gasteiger partial charge in [-0.15, -0.1) is 0 Å². The number of quaternary nitrogens is 1. The minimum absolute atomic E-state index is 0.169. The summed E-state index contributed by atoms with van der Waals surface area (Å²) in [6.07, 6.45) is 0. The third-order valence-corrected chi connectivity index (χ3v) is 3.49. The predicted octanol–water partition coefficient (Wildman–Crippen LogP) is 4.53. The molecule has 0 aliphatic carbocycles. The van der Waals surface area contributed by atoms with Gasteiger partial charge in [-0.1, -0.05) is 54.6 Å². The summed E-state index contributed by atoms with van der Waals surface area (Å²) in [5, 5.41) is 0. The third-order valence-electron chi connectivity index (χ3n) is 3.49. The molecule has 3 aromatic rings. The van der Waals surface area contributed by atoms with E-state index in [1.54, 1.807) is 0 Å². The first-order chi connectivity index (χ1) is 9.82. The highest BCUT2D eigenvalue weighted by atomic mass is 15.6. The van der Waals surface area contributed by atoms with Crippen LogP contribution in [-0.4, -0.2) is 0 Å². The number of nitrogens with two attached hydrogens (primary N) is 1. The second-order valence-electron chi connectivity index (χ2n) is 4.73. The largest absolute Gasteiger partial charge is 0.165 e. The topological polar surface area (TPSA) is 26.0 Å². The molecule has 0 aliphatic heterocycles. The van der Waals surface area contributed by atoms with Crippen LogP contribution in [0.1, 0.15) is 0 Å². The first-order valence-electron chi connectivity index (χ1n) is 6.66. The Hall–Kier alpha value is -2.42. The van der Waals surface area contributed by atoms with E-state index < -0.39 is 0 Å². The molecule has 0 unspecified atom stereocenters. The van der Waals surface area contributed by atoms with Crippen LogP contribution in [0.25, 0.3) is 0 Å². The van der Waals surface area contributed by atoms with Crippen LogP contribution in [0.2, 0.25) is 0 Å². The van der Waals surface area contributed by atoms with Crippen molar-refractivity contribution in [1.29, 1.82) is 0 Å². The lowest BCUT2D eigenvalue weighted by Crippen LogP contribution is -2.46. The summed E-state index contributed by atoms with van der Waals surface area (Å²) in [5.41, 5.74) is 3.10. The van der Waals surface area contributed by atoms with E-state index >= 15 is 0 Å². The first-order valence-corrected chi connectivity index (χ1v) is 6.66. The van der Waals surface area contributed by atoms with Crippen molar-refractivity contribution in [3.8, 4) is 0 Å². The number of hydrogen-bond acceptors (Lipinski definition) is 1. The SMILES string of the molecule is N[N+](c1ccccc1)(c1ccccc1)c1ccccc1. The van der Waals surface area contributed by atoms with Gasteiger partial charge < -0.3 is 0 Å². The highest BCUT2D eigenvalue weighted by Crippen LogP contribution is 2.38. The van der Waals surface area contributed by atoms with Crippen LogP contribution in [0.5, 0.6) is 0 Å². The lowest BCUT2D eigenvalue weighted by molar-refractivity contribution is 0.548. The van der Waals surface area contributed by atoms with E-state index in [0.29, 0.717) is 0 Å². The Morgan fingerprint density at radius 2 is 0.700 bits per heavy atom. The predicted molar refractivity (Wildman–Crippen MR) is 84.6 cm³/mol. The molecule has 2 heteroatoms. The smallest absolute Gasteiger partial charge is 0.162 e. The van der Waals surface area contributed by atoms with Gasteiger partial charge in [0.15, 0.2) is 17.1 Å². The maximum Gasteiger partial charge on any atom is 0.162 e. The van der Waals surface area contributed by atoms with Crippen molar-refractivity contribution in [2.45, 2.75) is 0 Å². The monoisotopic (exact) mass is 261 g/mol. The number of benzene rings is 3. The zero-order chi connectivity index (χ0) is 13.8. The summed E-state index contributed by atoms with van der Waals surface area (Å²) in [4.78, 5) is 0. The standard InChI is InChI=1S/C18H17N2/c19-20(16-10-4-1-5-11-16,17-12-6-2-7-13-17)18-14-8-3-9-15-18/h1-15H,19H2/q+1. The Morgan fingerprint density at radius 1 is 0.450 bits per heavy atom. The Bertz CT molecular complexity index is 567. The number of para-hydroxylation sites is 3. The Balaban J connectivity index is 2.24. The lowest BCUT2D eigenvalue weighted by atomic mass is 10.1. The summed E-state index contributed by atoms with van der Waals surface area (Å²) in [5.74, 6) is 6.80. The van der Waals surface area contributed by atoms with Crippen molar-refractivity contribution >= 4 is 17.1 Å². The van der Waals surface area contributed by atoms with Crippen molar-refractivity contribution < 1.29 is 0 Å². The van der Waals surface area contributed by atoms with Gasteiger partial charge in [-0.05, 0) is 0 Å². The van der Waals surface area contributed by atoms with Crippen molar-refractivity contribution in [2.75, 3.05) is 0 Å². The summed E-state index contributed by atoms with van der Waals surface area (Å²) in [6.45, 7) is 0. The fraction of sp³-hybridized carbons (Fsp3) is 0. The molecule has 98 valence electrons. The summed E-state index contributed by atoms with van der Waals surface area (Å²) in [6, 6.07) is 30.4. The van der Waals surface area contributed by atoms with Crippen molar-refractivity contribution in [2.24, 2.45) is 5.84 Å². The molecule has 20 heavy (non-hydrogen) atoms. The Labute approximate surface area is 119 Å². The maximum atomic E-state index is 6.80. The van der Waals surface area contributed by atoms with Crippen LogP contribution in [0, 0.1) is 0 Å². The molecular weight excluding hydrogens is 244 g/mol. The zero-order valence-electron chi connectivity index (χ0n) is 11.2. The second-order valence-corrected chi connectivity index (χ2v) is 4.73. The lowest BCUT2D eigenvalue weighted by Gasteiger charge is -2.31. The van der Waals surface area contributed by atoms with Crippen LogP contribution >= 0.6 is 0 Å². The van der Waals surface area contributed by atoms with Gasteiger partial charge in [0.2, 0.25) is 0 Å². The fourth-order valence-corrected chi connectivity index (χ4v) is 2.44. The van der Waals surface area contributed by atoms with Crippen LogP contribution in [0.15, 0.2) is 91.0 Å². The average Bonchev–Trinajstić information content (AvgIpc) is 2.56. The second kappa shape index (κ2) is 5.29. The molecule has 0 aromatic heterocycles. The summed E-state index contributed by atoms with van der Waals surface area (Å²) in [7, 11) is 0. The molecule has 3 rings (SSSR count). The Morgan fingerprint density at radius 3 is 0.950 bits per heavy atom. The van der Waals surface area contributed by atoms with Crippen LogP contribution in [-0.2, 0) is 0 Å². The van der Waals surface area contributed by atoms with E-state index in [0.717, 1.165) is 17.1 Å². The fourth-order valence-electron chi connectivity index (χ4n) is 2.44. The van der Waals surface area contributed by atoms with Gasteiger partial charge in [0, 0.05) is 36.4 Å². The molecule has 0 radical (unpaired) electrons. The molecule has 0 bridgehead atoms. The molecule has 0 atom stereocenters. The van der Waals surface area contributed by atoms with E-state index in [4.69, 9.17) is 5.84 Å². The van der Waals surface area contributed by atoms with Gasteiger partial charge in [0.1, 0.15) is 0 Å². The molecule has 3 aromatic carbocycles. The third kappa shape index (κ3) is 2.11. The number of nitrogens with zero attached hydrogens (tertiary/aromatic N) is 1. The van der Waals surface area contributed by atoms with Crippen molar-refractivity contribution in [1.82, 2.24) is 4.59 Å². The van der Waals surface area contributed by atoms with E-state index in [-0.39, 0.29) is 4.59 Å². The molecule has 0 aliphatic rings. The molecule has 0 saturated heterocycles. The zero-order valence-corrected chi connectivity index (χ0v) is 11.2. The van der Waals surface area contributed by atoms with Gasteiger partial charge >= 0.3 is 0 Å². The van der Waals surface area contributed by atoms with Gasteiger partial charge in [0.05, 0.1) is 0 Å². The van der Waals surface area contributed by atoms with E-state index in [2.05, 4.69) is 36.4 Å². The molecule has 0 amide bonds. The van der Waals surface area contributed by atoms with Crippen LogP contribution in [0.4, 0.5) is 17.1 Å². The van der Waals surface area contributed by atoms with E-state index in [1.807, 2.05) is 54.6 Å². The summed E-state index contributed by atoms with van der Waals surface area (Å²) >= 11 is 0. The van der Waals surface area contributed by atoms with Gasteiger partial charge in [-0.2, -0.15) is 10.4 Å². The molecule has 0 fully saturated rings. The van der Waals surface area contributed by atoms with Crippen molar-refractivity contribution in [3.05, 3.63) is 91.0 Å². The summed E-state index contributed by atoms with van der Waals surface area (Å²) < 4.78 is 0.169. The number of hydrogen-bond donors (Lipinski definition) is 1. The molecule has 2 N–H and O–H groups in total. The molecular formula is C18H17N2+. The van der Waals surface area contributed by atoms with E-state index in [1.165, 1.54) is 0 Å². The molecule has 0 heterocycles. The molecule has 0 saturated carbocycles. The maximum absolute atomic E-state index is 6.80. The molecule has 2 nitrogen and oxygen atoms in total. The van der Waals surface area contributed by atoms with E-state index in [9.17, 15) is 0 Å². The van der Waals surface area contributed by atoms with Gasteiger partial charge in [-0.3, -0.25) is 0 Å². The van der Waals surface area contributed by atoms with Gasteiger partial charge in [0.25, 0.3) is 0 Å². The minimum atomic E-state index is 0.169. The number of rotatable bonds is 3. The first kappa shape index (κ1) is 12.6. The quantitative estimate of drug-likeness (QED) is 0.418. The highest BCUT2D eigenvalue weighted by molar-refractivity contribution is 5.69. The van der Waals surface area contributed by atoms with Crippen molar-refractivity contribution in [3.63, 3.8) is 0 Å². The molecule has 0 spiro atoms.